The Labute approximate surface area is 177 Å². The lowest BCUT2D eigenvalue weighted by atomic mass is 9.43. The highest BCUT2D eigenvalue weighted by Crippen LogP contribution is 2.65. The van der Waals surface area contributed by atoms with Crippen LogP contribution in [0.1, 0.15) is 55.2 Å². The van der Waals surface area contributed by atoms with Crippen LogP contribution in [0.5, 0.6) is 5.75 Å². The Kier molecular flexibility index (Phi) is 4.46. The molecule has 4 aliphatic rings. The molecule has 5 nitrogen and oxygen atoms in total. The van der Waals surface area contributed by atoms with E-state index < -0.39 is 4.92 Å². The average molecular weight is 404 g/mol. The van der Waals surface area contributed by atoms with Crippen LogP contribution in [0.25, 0.3) is 0 Å². The number of nitro groups is 1. The molecule has 0 radical (unpaired) electrons. The van der Waals surface area contributed by atoms with E-state index in [2.05, 4.69) is 36.2 Å². The van der Waals surface area contributed by atoms with Crippen LogP contribution in [-0.4, -0.2) is 17.7 Å². The summed E-state index contributed by atoms with van der Waals surface area (Å²) in [5, 5.41) is 23.1. The van der Waals surface area contributed by atoms with E-state index in [1.54, 1.807) is 6.21 Å². The largest absolute Gasteiger partial charge is 0.872 e. The van der Waals surface area contributed by atoms with E-state index in [0.29, 0.717) is 12.1 Å². The summed E-state index contributed by atoms with van der Waals surface area (Å²) in [6.45, 7) is 2.84. The zero-order chi connectivity index (χ0) is 20.9. The molecule has 2 unspecified atom stereocenters. The third-order valence-electron chi connectivity index (χ3n) is 7.71. The zero-order valence-electron chi connectivity index (χ0n) is 17.3. The number of aryl methyl sites for hydroxylation is 1. The van der Waals surface area contributed by atoms with Crippen LogP contribution in [-0.2, 0) is 5.41 Å². The van der Waals surface area contributed by atoms with Crippen molar-refractivity contribution in [2.45, 2.75) is 50.9 Å². The summed E-state index contributed by atoms with van der Waals surface area (Å²) >= 11 is 0. The highest BCUT2D eigenvalue weighted by molar-refractivity contribution is 5.84. The fourth-order valence-corrected chi connectivity index (χ4v) is 6.97. The predicted octanol–water partition coefficient (Wildman–Crippen LogP) is 4.93. The van der Waals surface area contributed by atoms with Gasteiger partial charge in [-0.3, -0.25) is 15.1 Å². The van der Waals surface area contributed by atoms with Crippen LogP contribution in [0.2, 0.25) is 0 Å². The average Bonchev–Trinajstić information content (AvgIpc) is 2.68. The van der Waals surface area contributed by atoms with Crippen molar-refractivity contribution in [1.29, 1.82) is 0 Å². The van der Waals surface area contributed by atoms with Crippen molar-refractivity contribution in [2.24, 2.45) is 22.2 Å². The molecule has 0 saturated heterocycles. The molecule has 156 valence electrons. The van der Waals surface area contributed by atoms with Crippen molar-refractivity contribution in [2.75, 3.05) is 6.54 Å². The van der Waals surface area contributed by atoms with Crippen molar-refractivity contribution in [3.05, 3.63) is 69.3 Å². The summed E-state index contributed by atoms with van der Waals surface area (Å²) in [7, 11) is 0. The summed E-state index contributed by atoms with van der Waals surface area (Å²) in [4.78, 5) is 15.2. The Balaban J connectivity index is 1.40. The maximum absolute atomic E-state index is 12.1. The van der Waals surface area contributed by atoms with E-state index in [4.69, 9.17) is 0 Å². The molecule has 30 heavy (non-hydrogen) atoms. The number of rotatable bonds is 5. The van der Waals surface area contributed by atoms with E-state index in [0.717, 1.165) is 18.3 Å². The Morgan fingerprint density at radius 3 is 2.47 bits per heavy atom. The molecule has 2 aromatic rings. The summed E-state index contributed by atoms with van der Waals surface area (Å²) in [6, 6.07) is 13.0. The van der Waals surface area contributed by atoms with Crippen molar-refractivity contribution in [3.8, 4) is 5.75 Å². The fraction of sp³-hybridized carbons (Fsp3) is 0.480. The minimum Gasteiger partial charge on any atom is -0.872 e. The second-order valence-electron chi connectivity index (χ2n) is 10.1. The molecule has 2 aromatic carbocycles. The van der Waals surface area contributed by atoms with Gasteiger partial charge in [0.2, 0.25) is 0 Å². The van der Waals surface area contributed by atoms with Crippen LogP contribution in [0.3, 0.4) is 0 Å². The van der Waals surface area contributed by atoms with Crippen molar-refractivity contribution < 1.29 is 10.0 Å². The van der Waals surface area contributed by atoms with Gasteiger partial charge in [-0.15, -0.1) is 0 Å². The number of nitrogens with zero attached hydrogens (tertiary/aromatic N) is 2. The molecule has 5 heteroatoms. The number of non-ortho nitro benzene ring substituents is 1. The van der Waals surface area contributed by atoms with Gasteiger partial charge in [0.1, 0.15) is 0 Å². The van der Waals surface area contributed by atoms with Gasteiger partial charge in [0.15, 0.2) is 0 Å². The first kappa shape index (κ1) is 19.3. The predicted molar refractivity (Wildman–Crippen MR) is 115 cm³/mol. The number of aliphatic imine (C=N–C) groups is 1. The summed E-state index contributed by atoms with van der Waals surface area (Å²) in [6.07, 6.45) is 9.07. The van der Waals surface area contributed by atoms with Crippen LogP contribution < -0.4 is 5.11 Å². The summed E-state index contributed by atoms with van der Waals surface area (Å²) in [5.74, 6) is 1.30. The van der Waals surface area contributed by atoms with E-state index in [1.165, 1.54) is 61.4 Å². The van der Waals surface area contributed by atoms with Crippen molar-refractivity contribution in [1.82, 2.24) is 0 Å². The molecule has 4 bridgehead atoms. The number of benzene rings is 2. The van der Waals surface area contributed by atoms with E-state index in [-0.39, 0.29) is 22.3 Å². The van der Waals surface area contributed by atoms with Gasteiger partial charge in [0, 0.05) is 24.9 Å². The van der Waals surface area contributed by atoms with Gasteiger partial charge in [0.25, 0.3) is 5.69 Å². The normalized spacial score (nSPS) is 32.0. The lowest BCUT2D eigenvalue weighted by molar-refractivity contribution is -0.385. The first-order valence-corrected chi connectivity index (χ1v) is 10.9. The molecular weight excluding hydrogens is 376 g/mol. The molecule has 0 amide bonds. The third kappa shape index (κ3) is 3.30. The third-order valence-corrected chi connectivity index (χ3v) is 7.71. The second-order valence-corrected chi connectivity index (χ2v) is 10.1. The van der Waals surface area contributed by atoms with Crippen LogP contribution in [0.15, 0.2) is 47.5 Å². The topological polar surface area (TPSA) is 78.6 Å². The quantitative estimate of drug-likeness (QED) is 0.403. The van der Waals surface area contributed by atoms with Gasteiger partial charge in [-0.25, -0.2) is 0 Å². The van der Waals surface area contributed by atoms with E-state index in [1.807, 2.05) is 0 Å². The highest BCUT2D eigenvalue weighted by Gasteiger charge is 2.57. The summed E-state index contributed by atoms with van der Waals surface area (Å²) < 4.78 is 0. The first-order chi connectivity index (χ1) is 14.4. The monoisotopic (exact) mass is 403 g/mol. The molecule has 0 aromatic heterocycles. The van der Waals surface area contributed by atoms with Gasteiger partial charge >= 0.3 is 0 Å². The van der Waals surface area contributed by atoms with Gasteiger partial charge in [-0.2, -0.15) is 0 Å². The Morgan fingerprint density at radius 1 is 1.10 bits per heavy atom. The second kappa shape index (κ2) is 6.93. The molecule has 4 atom stereocenters. The molecular formula is C25H27N2O3-. The minimum atomic E-state index is -0.471. The van der Waals surface area contributed by atoms with E-state index >= 15 is 0 Å². The van der Waals surface area contributed by atoms with E-state index in [9.17, 15) is 15.2 Å². The fourth-order valence-electron chi connectivity index (χ4n) is 6.97. The van der Waals surface area contributed by atoms with Gasteiger partial charge in [-0.1, -0.05) is 41.6 Å². The van der Waals surface area contributed by atoms with Crippen LogP contribution in [0.4, 0.5) is 5.69 Å². The minimum absolute atomic E-state index is 0.0656. The molecule has 4 fully saturated rings. The molecule has 0 aliphatic heterocycles. The number of hydrogen-bond acceptors (Lipinski definition) is 4. The van der Waals surface area contributed by atoms with Crippen LogP contribution in [0, 0.1) is 34.3 Å². The molecule has 0 spiro atoms. The maximum atomic E-state index is 12.1. The maximum Gasteiger partial charge on any atom is 0.270 e. The number of nitro benzene ring substituents is 1. The van der Waals surface area contributed by atoms with Gasteiger partial charge < -0.3 is 5.11 Å². The molecule has 0 heterocycles. The molecule has 4 aliphatic carbocycles. The SMILES string of the molecule is Cc1ccc(C23C[C@@H]4C[C@@H](CC(CN=Cc5cc([N+](=O)[O-])ccc5[O-])(C4)C2)C3)cc1. The molecule has 0 N–H and O–H groups in total. The van der Waals surface area contributed by atoms with Crippen LogP contribution >= 0.6 is 0 Å². The first-order valence-electron chi connectivity index (χ1n) is 10.9. The Morgan fingerprint density at radius 2 is 1.80 bits per heavy atom. The van der Waals surface area contributed by atoms with Gasteiger partial charge in [0.05, 0.1) is 4.92 Å². The lowest BCUT2D eigenvalue weighted by Crippen LogP contribution is -2.55. The standard InChI is InChI=1S/C25H28N2O3/c1-17-2-4-21(5-3-17)25-12-18-8-19(13-25)11-24(10-18,15-25)16-26-14-20-9-22(27(29)30)6-7-23(20)28/h2-7,9,14,18-19,28H,8,10-13,15-16H2,1H3/p-1/t18-,19+,24?,25?. The highest BCUT2D eigenvalue weighted by atomic mass is 16.6. The Bertz CT molecular complexity index is 998. The smallest absolute Gasteiger partial charge is 0.270 e. The molecule has 4 saturated carbocycles. The molecule has 6 rings (SSSR count). The van der Waals surface area contributed by atoms with Crippen molar-refractivity contribution in [3.63, 3.8) is 0 Å². The lowest BCUT2D eigenvalue weighted by Gasteiger charge is -2.62. The zero-order valence-corrected chi connectivity index (χ0v) is 17.3. The summed E-state index contributed by atoms with van der Waals surface area (Å²) in [5.41, 5.74) is 3.48. The van der Waals surface area contributed by atoms with Crippen molar-refractivity contribution >= 4 is 11.9 Å². The Hall–Kier alpha value is -2.69. The van der Waals surface area contributed by atoms with Gasteiger partial charge in [-0.05, 0) is 79.2 Å². The number of hydrogen-bond donors (Lipinski definition) is 0.